The van der Waals surface area contributed by atoms with Crippen molar-refractivity contribution in [3.05, 3.63) is 29.7 Å². The predicted molar refractivity (Wildman–Crippen MR) is 38.0 cm³/mol. The second-order valence-corrected chi connectivity index (χ2v) is 2.38. The molecule has 0 saturated heterocycles. The topological polar surface area (TPSA) is 30.2 Å². The fourth-order valence-corrected chi connectivity index (χ4v) is 0.968. The molecule has 50 valence electrons. The molecule has 0 fully saturated rings. The van der Waals surface area contributed by atoms with Gasteiger partial charge in [-0.2, -0.15) is 0 Å². The standard InChI is InChI=1S/C6H4ClN3/c7-5-1-2-6-9-8-4-10(6)3-5/h1-4H. The fourth-order valence-electron chi connectivity index (χ4n) is 0.800. The van der Waals surface area contributed by atoms with Gasteiger partial charge in [0.15, 0.2) is 5.65 Å². The van der Waals surface area contributed by atoms with Gasteiger partial charge in [0.05, 0.1) is 5.02 Å². The lowest BCUT2D eigenvalue weighted by atomic mass is 10.5. The van der Waals surface area contributed by atoms with E-state index in [2.05, 4.69) is 10.2 Å². The van der Waals surface area contributed by atoms with Crippen molar-refractivity contribution in [1.82, 2.24) is 14.6 Å². The summed E-state index contributed by atoms with van der Waals surface area (Å²) in [4.78, 5) is 0. The third-order valence-electron chi connectivity index (χ3n) is 1.25. The van der Waals surface area contributed by atoms with E-state index in [-0.39, 0.29) is 0 Å². The molecule has 0 radical (unpaired) electrons. The van der Waals surface area contributed by atoms with Crippen LogP contribution in [0.4, 0.5) is 0 Å². The highest BCUT2D eigenvalue weighted by Crippen LogP contribution is 2.07. The second kappa shape index (κ2) is 1.95. The van der Waals surface area contributed by atoms with Crippen LogP contribution in [0, 0.1) is 0 Å². The number of rotatable bonds is 0. The number of halogens is 1. The maximum absolute atomic E-state index is 5.70. The summed E-state index contributed by atoms with van der Waals surface area (Å²) in [6, 6.07) is 3.60. The van der Waals surface area contributed by atoms with Gasteiger partial charge in [0.1, 0.15) is 6.33 Å². The van der Waals surface area contributed by atoms with Crippen LogP contribution >= 0.6 is 11.6 Å². The summed E-state index contributed by atoms with van der Waals surface area (Å²) in [5, 5.41) is 8.20. The van der Waals surface area contributed by atoms with E-state index >= 15 is 0 Å². The van der Waals surface area contributed by atoms with Gasteiger partial charge in [-0.15, -0.1) is 10.2 Å². The molecule has 0 amide bonds. The average molecular weight is 154 g/mol. The molecule has 0 aromatic carbocycles. The summed E-state index contributed by atoms with van der Waals surface area (Å²) >= 11 is 5.70. The zero-order chi connectivity index (χ0) is 6.97. The first kappa shape index (κ1) is 5.68. The lowest BCUT2D eigenvalue weighted by Crippen LogP contribution is -1.79. The van der Waals surface area contributed by atoms with E-state index in [0.717, 1.165) is 5.65 Å². The van der Waals surface area contributed by atoms with E-state index < -0.39 is 0 Å². The minimum atomic E-state index is 0.687. The zero-order valence-corrected chi connectivity index (χ0v) is 5.78. The number of hydrogen-bond donors (Lipinski definition) is 0. The van der Waals surface area contributed by atoms with Gasteiger partial charge in [-0.3, -0.25) is 4.40 Å². The minimum absolute atomic E-state index is 0.687. The first-order valence-corrected chi connectivity index (χ1v) is 3.19. The van der Waals surface area contributed by atoms with Crippen molar-refractivity contribution in [3.63, 3.8) is 0 Å². The Balaban J connectivity index is 2.86. The predicted octanol–water partition coefficient (Wildman–Crippen LogP) is 1.38. The monoisotopic (exact) mass is 153 g/mol. The van der Waals surface area contributed by atoms with Crippen LogP contribution in [0.5, 0.6) is 0 Å². The summed E-state index contributed by atoms with van der Waals surface area (Å²) in [7, 11) is 0. The Hall–Kier alpha value is -1.09. The molecule has 4 heteroatoms. The van der Waals surface area contributed by atoms with Crippen LogP contribution in [-0.4, -0.2) is 14.6 Å². The van der Waals surface area contributed by atoms with Crippen molar-refractivity contribution in [2.45, 2.75) is 0 Å². The quantitative estimate of drug-likeness (QED) is 0.573. The molecule has 0 aliphatic rings. The molecule has 0 spiro atoms. The average Bonchev–Trinajstić information content (AvgIpc) is 2.33. The van der Waals surface area contributed by atoms with Crippen LogP contribution in [-0.2, 0) is 0 Å². The fraction of sp³-hybridized carbons (Fsp3) is 0. The Labute approximate surface area is 62.3 Å². The SMILES string of the molecule is Clc1ccc2nncn2c1. The van der Waals surface area contributed by atoms with E-state index in [1.165, 1.54) is 0 Å². The molecule has 0 N–H and O–H groups in total. The molecule has 2 aromatic heterocycles. The molecule has 0 aliphatic heterocycles. The number of nitrogens with zero attached hydrogens (tertiary/aromatic N) is 3. The number of fused-ring (bicyclic) bond motifs is 1. The maximum Gasteiger partial charge on any atom is 0.160 e. The van der Waals surface area contributed by atoms with Crippen molar-refractivity contribution in [2.75, 3.05) is 0 Å². The van der Waals surface area contributed by atoms with E-state index in [0.29, 0.717) is 5.02 Å². The first-order chi connectivity index (χ1) is 4.86. The van der Waals surface area contributed by atoms with Gasteiger partial charge < -0.3 is 0 Å². The molecule has 0 bridgehead atoms. The third-order valence-corrected chi connectivity index (χ3v) is 1.48. The molecule has 2 heterocycles. The Bertz CT molecular complexity index is 355. The largest absolute Gasteiger partial charge is 0.288 e. The van der Waals surface area contributed by atoms with Crippen molar-refractivity contribution in [3.8, 4) is 0 Å². The smallest absolute Gasteiger partial charge is 0.160 e. The highest BCUT2D eigenvalue weighted by molar-refractivity contribution is 6.30. The summed E-state index contributed by atoms with van der Waals surface area (Å²) in [6.45, 7) is 0. The van der Waals surface area contributed by atoms with Crippen LogP contribution in [0.3, 0.4) is 0 Å². The molecule has 0 aliphatic carbocycles. The van der Waals surface area contributed by atoms with E-state index in [1.54, 1.807) is 23.0 Å². The van der Waals surface area contributed by atoms with Gasteiger partial charge in [0.25, 0.3) is 0 Å². The molecule has 3 nitrogen and oxygen atoms in total. The number of aromatic nitrogens is 3. The Morgan fingerprint density at radius 1 is 1.40 bits per heavy atom. The zero-order valence-electron chi connectivity index (χ0n) is 5.03. The summed E-state index contributed by atoms with van der Waals surface area (Å²) in [5.41, 5.74) is 0.810. The molecule has 2 rings (SSSR count). The van der Waals surface area contributed by atoms with Gasteiger partial charge >= 0.3 is 0 Å². The highest BCUT2D eigenvalue weighted by Gasteiger charge is 1.92. The van der Waals surface area contributed by atoms with E-state index in [9.17, 15) is 0 Å². The molecule has 10 heavy (non-hydrogen) atoms. The summed E-state index contributed by atoms with van der Waals surface area (Å²) in [6.07, 6.45) is 3.37. The lowest BCUT2D eigenvalue weighted by molar-refractivity contribution is 1.10. The Morgan fingerprint density at radius 2 is 2.30 bits per heavy atom. The minimum Gasteiger partial charge on any atom is -0.288 e. The van der Waals surface area contributed by atoms with E-state index in [1.807, 2.05) is 6.07 Å². The lowest BCUT2D eigenvalue weighted by Gasteiger charge is -1.89. The van der Waals surface area contributed by atoms with Crippen LogP contribution in [0.25, 0.3) is 5.65 Å². The number of pyridine rings is 1. The van der Waals surface area contributed by atoms with Crippen molar-refractivity contribution >= 4 is 17.2 Å². The van der Waals surface area contributed by atoms with Crippen LogP contribution in [0.2, 0.25) is 5.02 Å². The van der Waals surface area contributed by atoms with Crippen molar-refractivity contribution in [2.24, 2.45) is 0 Å². The summed E-state index contributed by atoms with van der Waals surface area (Å²) < 4.78 is 1.77. The van der Waals surface area contributed by atoms with Gasteiger partial charge in [-0.05, 0) is 12.1 Å². The highest BCUT2D eigenvalue weighted by atomic mass is 35.5. The van der Waals surface area contributed by atoms with Gasteiger partial charge in [0.2, 0.25) is 0 Å². The van der Waals surface area contributed by atoms with Gasteiger partial charge in [-0.1, -0.05) is 11.6 Å². The van der Waals surface area contributed by atoms with Gasteiger partial charge in [-0.25, -0.2) is 0 Å². The maximum atomic E-state index is 5.70. The third kappa shape index (κ3) is 0.752. The van der Waals surface area contributed by atoms with Crippen LogP contribution in [0.1, 0.15) is 0 Å². The van der Waals surface area contributed by atoms with E-state index in [4.69, 9.17) is 11.6 Å². The Kier molecular flexibility index (Phi) is 1.11. The van der Waals surface area contributed by atoms with Crippen molar-refractivity contribution in [1.29, 1.82) is 0 Å². The molecule has 0 atom stereocenters. The van der Waals surface area contributed by atoms with Crippen LogP contribution < -0.4 is 0 Å². The number of hydrogen-bond acceptors (Lipinski definition) is 2. The second-order valence-electron chi connectivity index (χ2n) is 1.94. The molecular formula is C6H4ClN3. The van der Waals surface area contributed by atoms with Crippen LogP contribution in [0.15, 0.2) is 24.7 Å². The normalized spacial score (nSPS) is 10.5. The molecular weight excluding hydrogens is 150 g/mol. The summed E-state index contributed by atoms with van der Waals surface area (Å²) in [5.74, 6) is 0. The molecule has 0 unspecified atom stereocenters. The van der Waals surface area contributed by atoms with Crippen molar-refractivity contribution < 1.29 is 0 Å². The Morgan fingerprint density at radius 3 is 3.20 bits per heavy atom. The molecule has 2 aromatic rings. The first-order valence-electron chi connectivity index (χ1n) is 2.81. The van der Waals surface area contributed by atoms with Gasteiger partial charge in [0, 0.05) is 6.20 Å². The molecule has 0 saturated carbocycles.